The van der Waals surface area contributed by atoms with Gasteiger partial charge in [0.25, 0.3) is 0 Å². The molecule has 2 unspecified atom stereocenters. The molecule has 9 heteroatoms. The molecule has 23 heavy (non-hydrogen) atoms. The van der Waals surface area contributed by atoms with Crippen molar-refractivity contribution >= 4 is 36.0 Å². The molecule has 1 rings (SSSR count). The summed E-state index contributed by atoms with van der Waals surface area (Å²) in [6.45, 7) is 15.0. The number of hydrogen-bond acceptors (Lipinski definition) is 5. The molecule has 1 fully saturated rings. The van der Waals surface area contributed by atoms with Gasteiger partial charge in [0.15, 0.2) is 31.9 Å². The predicted octanol–water partition coefficient (Wildman–Crippen LogP) is 2.43. The number of sulfone groups is 1. The zero-order chi connectivity index (χ0) is 17.9. The highest BCUT2D eigenvalue weighted by Crippen LogP contribution is 2.24. The van der Waals surface area contributed by atoms with E-state index in [9.17, 15) is 8.42 Å². The minimum absolute atomic E-state index is 0.00873. The lowest BCUT2D eigenvalue weighted by Gasteiger charge is -2.33. The minimum atomic E-state index is -3.06. The first kappa shape index (κ1) is 21.5. The Labute approximate surface area is 146 Å². The maximum Gasteiger partial charge on any atom is 0.186 e. The summed E-state index contributed by atoms with van der Waals surface area (Å²) in [5, 5.41) is 0. The summed E-state index contributed by atoms with van der Waals surface area (Å²) in [5.41, 5.74) is -0.620. The third kappa shape index (κ3) is 8.41. The second-order valence-corrected chi connectivity index (χ2v) is 21.5. The molecule has 2 atom stereocenters. The third-order valence-electron chi connectivity index (χ3n) is 3.49. The quantitative estimate of drug-likeness (QED) is 0.441. The number of hydrogen-bond donors (Lipinski definition) is 0. The molecule has 0 aromatic rings. The average molecular weight is 399 g/mol. The van der Waals surface area contributed by atoms with Crippen LogP contribution >= 0.6 is 0 Å². The zero-order valence-electron chi connectivity index (χ0n) is 15.7. The van der Waals surface area contributed by atoms with Gasteiger partial charge in [-0.1, -0.05) is 6.92 Å². The molecule has 0 aromatic heterocycles. The molecule has 0 N–H and O–H groups in total. The summed E-state index contributed by atoms with van der Waals surface area (Å²) in [5.74, 6) is 0.0954. The molecule has 0 aromatic carbocycles. The van der Waals surface area contributed by atoms with Crippen LogP contribution in [0.1, 0.15) is 26.2 Å². The summed E-state index contributed by atoms with van der Waals surface area (Å²) in [6.07, 6.45) is 2.16. The monoisotopic (exact) mass is 398 g/mol. The van der Waals surface area contributed by atoms with Gasteiger partial charge in [-0.3, -0.25) is 0 Å². The van der Waals surface area contributed by atoms with E-state index in [0.29, 0.717) is 12.8 Å². The van der Waals surface area contributed by atoms with Crippen LogP contribution in [0.3, 0.4) is 0 Å². The number of ether oxygens (including phenoxy) is 1. The van der Waals surface area contributed by atoms with Crippen molar-refractivity contribution in [3.8, 4) is 0 Å². The van der Waals surface area contributed by atoms with Crippen LogP contribution in [-0.4, -0.2) is 57.4 Å². The Hall–Kier alpha value is 0.481. The highest BCUT2D eigenvalue weighted by atomic mass is 32.2. The first-order chi connectivity index (χ1) is 10.3. The Kier molecular flexibility index (Phi) is 7.71. The highest BCUT2D eigenvalue weighted by Gasteiger charge is 2.36. The second kappa shape index (κ2) is 8.24. The second-order valence-electron chi connectivity index (χ2n) is 8.23. The van der Waals surface area contributed by atoms with Crippen LogP contribution in [0, 0.1) is 0 Å². The van der Waals surface area contributed by atoms with E-state index in [1.54, 1.807) is 0 Å². The first-order valence-electron chi connectivity index (χ1n) is 8.55. The van der Waals surface area contributed by atoms with Gasteiger partial charge in [-0.25, -0.2) is 8.42 Å². The molecule has 1 saturated heterocycles. The molecule has 1 aliphatic heterocycles. The van der Waals surface area contributed by atoms with E-state index in [4.69, 9.17) is 13.6 Å². The Bertz CT molecular complexity index is 454. The third-order valence-corrected chi connectivity index (χ3v) is 10.1. The van der Waals surface area contributed by atoms with E-state index >= 15 is 0 Å². The minimum Gasteiger partial charge on any atom is -0.397 e. The van der Waals surface area contributed by atoms with Crippen LogP contribution in [0.4, 0.5) is 0 Å². The van der Waals surface area contributed by atoms with Crippen molar-refractivity contribution in [2.75, 3.05) is 5.75 Å². The molecule has 0 saturated carbocycles. The fourth-order valence-electron chi connectivity index (χ4n) is 2.57. The molecule has 1 heterocycles. The molecular formula is C14H34O5SSi3. The molecule has 0 aliphatic carbocycles. The van der Waals surface area contributed by atoms with Gasteiger partial charge in [-0.2, -0.15) is 0 Å². The van der Waals surface area contributed by atoms with Crippen LogP contribution in [0.5, 0.6) is 0 Å². The van der Waals surface area contributed by atoms with E-state index in [2.05, 4.69) is 46.2 Å². The normalized spacial score (nSPS) is 23.9. The van der Waals surface area contributed by atoms with Gasteiger partial charge in [-0.15, -0.1) is 0 Å². The van der Waals surface area contributed by atoms with Crippen molar-refractivity contribution in [3.63, 3.8) is 0 Å². The first-order valence-corrected chi connectivity index (χ1v) is 18.7. The van der Waals surface area contributed by atoms with Gasteiger partial charge in [0.2, 0.25) is 0 Å². The molecule has 5 nitrogen and oxygen atoms in total. The summed E-state index contributed by atoms with van der Waals surface area (Å²) >= 11 is 0. The van der Waals surface area contributed by atoms with E-state index in [0.717, 1.165) is 6.42 Å². The van der Waals surface area contributed by atoms with E-state index in [1.165, 1.54) is 0 Å². The molecule has 1 aliphatic rings. The lowest BCUT2D eigenvalue weighted by atomic mass is 10.4. The van der Waals surface area contributed by atoms with E-state index in [-0.39, 0.29) is 17.4 Å². The highest BCUT2D eigenvalue weighted by molar-refractivity contribution is 7.92. The van der Waals surface area contributed by atoms with Crippen molar-refractivity contribution in [3.05, 3.63) is 0 Å². The SMILES string of the molecule is CCC(OC1CCCS1(=O)=O)[SiH2]C(O[Si](C)(C)C)O[Si](C)(C)C. The van der Waals surface area contributed by atoms with E-state index < -0.39 is 41.4 Å². The Balaban J connectivity index is 2.73. The summed E-state index contributed by atoms with van der Waals surface area (Å²) in [7, 11) is -7.36. The van der Waals surface area contributed by atoms with Crippen molar-refractivity contribution < 1.29 is 22.0 Å². The van der Waals surface area contributed by atoms with Crippen molar-refractivity contribution in [2.45, 2.75) is 82.5 Å². The Morgan fingerprint density at radius 2 is 1.61 bits per heavy atom. The van der Waals surface area contributed by atoms with Gasteiger partial charge in [0.05, 0.1) is 5.75 Å². The molecule has 0 bridgehead atoms. The van der Waals surface area contributed by atoms with Crippen LogP contribution in [0.2, 0.25) is 39.3 Å². The van der Waals surface area contributed by atoms with Crippen LogP contribution in [0.25, 0.3) is 0 Å². The maximum atomic E-state index is 12.0. The van der Waals surface area contributed by atoms with Gasteiger partial charge < -0.3 is 13.6 Å². The van der Waals surface area contributed by atoms with Crippen LogP contribution < -0.4 is 0 Å². The predicted molar refractivity (Wildman–Crippen MR) is 103 cm³/mol. The van der Waals surface area contributed by atoms with Crippen molar-refractivity contribution in [2.24, 2.45) is 0 Å². The average Bonchev–Trinajstić information content (AvgIpc) is 2.63. The lowest BCUT2D eigenvalue weighted by molar-refractivity contribution is 0.0358. The van der Waals surface area contributed by atoms with Gasteiger partial charge in [0, 0.05) is 5.73 Å². The zero-order valence-corrected chi connectivity index (χ0v) is 19.9. The van der Waals surface area contributed by atoms with Gasteiger partial charge in [-0.05, 0) is 58.5 Å². The fraction of sp³-hybridized carbons (Fsp3) is 1.00. The Morgan fingerprint density at radius 3 is 1.96 bits per heavy atom. The summed E-state index contributed by atoms with van der Waals surface area (Å²) in [4.78, 5) is 0. The number of rotatable bonds is 9. The molecule has 0 spiro atoms. The van der Waals surface area contributed by atoms with Crippen LogP contribution in [-0.2, 0) is 23.4 Å². The fourth-order valence-corrected chi connectivity index (χ4v) is 11.0. The maximum absolute atomic E-state index is 12.0. The summed E-state index contributed by atoms with van der Waals surface area (Å²) < 4.78 is 42.5. The van der Waals surface area contributed by atoms with Crippen LogP contribution in [0.15, 0.2) is 0 Å². The van der Waals surface area contributed by atoms with Gasteiger partial charge in [0.1, 0.15) is 15.4 Å². The van der Waals surface area contributed by atoms with Gasteiger partial charge >= 0.3 is 0 Å². The van der Waals surface area contributed by atoms with Crippen molar-refractivity contribution in [1.82, 2.24) is 0 Å². The Morgan fingerprint density at radius 1 is 1.09 bits per heavy atom. The topological polar surface area (TPSA) is 61.8 Å². The van der Waals surface area contributed by atoms with Crippen molar-refractivity contribution in [1.29, 1.82) is 0 Å². The molecule has 138 valence electrons. The molecule has 0 amide bonds. The smallest absolute Gasteiger partial charge is 0.186 e. The summed E-state index contributed by atoms with van der Waals surface area (Å²) in [6, 6.07) is 0. The van der Waals surface area contributed by atoms with E-state index in [1.807, 2.05) is 0 Å². The molecular weight excluding hydrogens is 364 g/mol. The molecule has 0 radical (unpaired) electrons. The largest absolute Gasteiger partial charge is 0.397 e. The standard InChI is InChI=1S/C14H34O5SSi3/c1-8-13(17-12-10-9-11-20(12,15)16)21-14(18-22(2,3)4)19-23(5,6)7/h12-14H,8-11,21H2,1-7H3. The lowest BCUT2D eigenvalue weighted by Crippen LogP contribution is -2.47.